The first-order chi connectivity index (χ1) is 11.6. The lowest BCUT2D eigenvalue weighted by Crippen LogP contribution is -2.41. The van der Waals surface area contributed by atoms with Gasteiger partial charge in [0.2, 0.25) is 5.91 Å². The second-order valence-corrected chi connectivity index (χ2v) is 6.21. The zero-order valence-corrected chi connectivity index (χ0v) is 14.5. The van der Waals surface area contributed by atoms with Crippen molar-refractivity contribution in [1.29, 1.82) is 0 Å². The molecule has 2 heterocycles. The quantitative estimate of drug-likeness (QED) is 0.867. The molecular formula is C17H17BrN2O4. The van der Waals surface area contributed by atoms with E-state index in [4.69, 9.17) is 9.15 Å². The van der Waals surface area contributed by atoms with Crippen molar-refractivity contribution in [3.8, 4) is 0 Å². The molecule has 1 fully saturated rings. The highest BCUT2D eigenvalue weighted by molar-refractivity contribution is 9.10. The van der Waals surface area contributed by atoms with Gasteiger partial charge in [-0.2, -0.15) is 0 Å². The number of nitrogens with zero attached hydrogens (tertiary/aromatic N) is 1. The summed E-state index contributed by atoms with van der Waals surface area (Å²) in [6, 6.07) is 10.5. The molecule has 1 saturated heterocycles. The Hall–Kier alpha value is -2.12. The average Bonchev–Trinajstić information content (AvgIpc) is 3.04. The van der Waals surface area contributed by atoms with E-state index in [2.05, 4.69) is 21.2 Å². The Morgan fingerprint density at radius 3 is 2.42 bits per heavy atom. The van der Waals surface area contributed by atoms with Crippen molar-refractivity contribution in [2.24, 2.45) is 0 Å². The third-order valence-corrected chi connectivity index (χ3v) is 4.15. The molecule has 24 heavy (non-hydrogen) atoms. The van der Waals surface area contributed by atoms with Gasteiger partial charge in [-0.25, -0.2) is 0 Å². The molecule has 2 amide bonds. The molecule has 1 aliphatic rings. The van der Waals surface area contributed by atoms with Crippen LogP contribution in [-0.2, 0) is 16.0 Å². The fourth-order valence-electron chi connectivity index (χ4n) is 2.43. The molecule has 1 aliphatic heterocycles. The average molecular weight is 393 g/mol. The molecule has 2 aromatic rings. The summed E-state index contributed by atoms with van der Waals surface area (Å²) in [4.78, 5) is 26.0. The van der Waals surface area contributed by atoms with E-state index < -0.39 is 0 Å². The predicted molar refractivity (Wildman–Crippen MR) is 91.9 cm³/mol. The highest BCUT2D eigenvalue weighted by Crippen LogP contribution is 2.17. The molecule has 6 nitrogen and oxygen atoms in total. The zero-order valence-electron chi connectivity index (χ0n) is 13.0. The second-order valence-electron chi connectivity index (χ2n) is 5.42. The summed E-state index contributed by atoms with van der Waals surface area (Å²) >= 11 is 3.16. The fourth-order valence-corrected chi connectivity index (χ4v) is 2.74. The van der Waals surface area contributed by atoms with Crippen LogP contribution in [0.1, 0.15) is 16.1 Å². The topological polar surface area (TPSA) is 71.8 Å². The number of carbonyl (C=O) groups is 2. The number of rotatable bonds is 4. The van der Waals surface area contributed by atoms with E-state index in [1.165, 1.54) is 0 Å². The Morgan fingerprint density at radius 2 is 1.79 bits per heavy atom. The van der Waals surface area contributed by atoms with Crippen molar-refractivity contribution < 1.29 is 18.7 Å². The number of hydrogen-bond donors (Lipinski definition) is 1. The van der Waals surface area contributed by atoms with Crippen molar-refractivity contribution in [2.45, 2.75) is 6.42 Å². The summed E-state index contributed by atoms with van der Waals surface area (Å²) in [6.07, 6.45) is 0.347. The normalized spacial score (nSPS) is 14.5. The molecule has 3 rings (SSSR count). The molecule has 0 atom stereocenters. The number of furan rings is 1. The van der Waals surface area contributed by atoms with Crippen molar-refractivity contribution in [3.05, 3.63) is 52.4 Å². The van der Waals surface area contributed by atoms with Crippen LogP contribution in [0.15, 0.2) is 45.5 Å². The van der Waals surface area contributed by atoms with Crippen LogP contribution >= 0.6 is 15.9 Å². The summed E-state index contributed by atoms with van der Waals surface area (Å²) in [7, 11) is 0. The Balaban J connectivity index is 1.56. The summed E-state index contributed by atoms with van der Waals surface area (Å²) in [5.41, 5.74) is 1.56. The van der Waals surface area contributed by atoms with Crippen LogP contribution < -0.4 is 5.32 Å². The lowest BCUT2D eigenvalue weighted by molar-refractivity contribution is -0.134. The summed E-state index contributed by atoms with van der Waals surface area (Å²) in [5.74, 6) is 0.00168. The Morgan fingerprint density at radius 1 is 1.08 bits per heavy atom. The molecule has 1 aromatic heterocycles. The molecule has 0 radical (unpaired) electrons. The molecular weight excluding hydrogens is 376 g/mol. The molecule has 0 saturated carbocycles. The number of morpholine rings is 1. The third-order valence-electron chi connectivity index (χ3n) is 3.73. The third kappa shape index (κ3) is 4.24. The van der Waals surface area contributed by atoms with Gasteiger partial charge < -0.3 is 19.4 Å². The van der Waals surface area contributed by atoms with E-state index >= 15 is 0 Å². The van der Waals surface area contributed by atoms with Crippen LogP contribution in [0.2, 0.25) is 0 Å². The van der Waals surface area contributed by atoms with Gasteiger partial charge in [-0.3, -0.25) is 9.59 Å². The van der Waals surface area contributed by atoms with Gasteiger partial charge in [-0.15, -0.1) is 0 Å². The number of nitrogens with one attached hydrogen (secondary N) is 1. The van der Waals surface area contributed by atoms with Gasteiger partial charge in [-0.1, -0.05) is 12.1 Å². The van der Waals surface area contributed by atoms with Gasteiger partial charge in [0, 0.05) is 18.8 Å². The smallest absolute Gasteiger partial charge is 0.291 e. The Kier molecular flexibility index (Phi) is 5.32. The summed E-state index contributed by atoms with van der Waals surface area (Å²) in [5, 5.41) is 2.75. The molecule has 126 valence electrons. The van der Waals surface area contributed by atoms with Crippen LogP contribution in [0.5, 0.6) is 0 Å². The maximum atomic E-state index is 12.2. The number of halogens is 1. The Bertz CT molecular complexity index is 720. The maximum Gasteiger partial charge on any atom is 0.291 e. The number of ether oxygens (including phenoxy) is 1. The second kappa shape index (κ2) is 7.63. The standard InChI is InChI=1S/C17H17BrN2O4/c18-15-6-5-14(24-15)17(22)19-13-3-1-12(2-4-13)11-16(21)20-7-9-23-10-8-20/h1-6H,7-11H2,(H,19,22). The minimum Gasteiger partial charge on any atom is -0.444 e. The van der Waals surface area contributed by atoms with Crippen molar-refractivity contribution in [1.82, 2.24) is 4.90 Å². The van der Waals surface area contributed by atoms with Crippen molar-refractivity contribution in [3.63, 3.8) is 0 Å². The number of hydrogen-bond acceptors (Lipinski definition) is 4. The van der Waals surface area contributed by atoms with E-state index in [1.54, 1.807) is 24.3 Å². The van der Waals surface area contributed by atoms with Gasteiger partial charge in [0.1, 0.15) is 0 Å². The SMILES string of the molecule is O=C(Nc1ccc(CC(=O)N2CCOCC2)cc1)c1ccc(Br)o1. The van der Waals surface area contributed by atoms with Crippen LogP contribution in [0, 0.1) is 0 Å². The largest absolute Gasteiger partial charge is 0.444 e. The minimum atomic E-state index is -0.321. The van der Waals surface area contributed by atoms with E-state index in [0.29, 0.717) is 43.1 Å². The lowest BCUT2D eigenvalue weighted by atomic mass is 10.1. The fraction of sp³-hybridized carbons (Fsp3) is 0.294. The number of carbonyl (C=O) groups excluding carboxylic acids is 2. The molecule has 1 N–H and O–H groups in total. The van der Waals surface area contributed by atoms with Crippen LogP contribution in [0.25, 0.3) is 0 Å². The van der Waals surface area contributed by atoms with Crippen LogP contribution in [-0.4, -0.2) is 43.0 Å². The number of amides is 2. The van der Waals surface area contributed by atoms with Crippen molar-refractivity contribution in [2.75, 3.05) is 31.6 Å². The first-order valence-electron chi connectivity index (χ1n) is 7.63. The minimum absolute atomic E-state index is 0.0931. The first-order valence-corrected chi connectivity index (χ1v) is 8.42. The van der Waals surface area contributed by atoms with E-state index in [0.717, 1.165) is 5.56 Å². The van der Waals surface area contributed by atoms with E-state index in [-0.39, 0.29) is 17.6 Å². The Labute approximate surface area is 147 Å². The molecule has 1 aromatic carbocycles. The van der Waals surface area contributed by atoms with E-state index in [9.17, 15) is 9.59 Å². The molecule has 0 spiro atoms. The molecule has 0 unspecified atom stereocenters. The van der Waals surface area contributed by atoms with Gasteiger partial charge in [0.05, 0.1) is 19.6 Å². The highest BCUT2D eigenvalue weighted by Gasteiger charge is 2.17. The van der Waals surface area contributed by atoms with Gasteiger partial charge in [0.25, 0.3) is 5.91 Å². The van der Waals surface area contributed by atoms with Crippen LogP contribution in [0.3, 0.4) is 0 Å². The summed E-state index contributed by atoms with van der Waals surface area (Å²) in [6.45, 7) is 2.48. The highest BCUT2D eigenvalue weighted by atomic mass is 79.9. The monoisotopic (exact) mass is 392 g/mol. The molecule has 0 bridgehead atoms. The van der Waals surface area contributed by atoms with Gasteiger partial charge >= 0.3 is 0 Å². The van der Waals surface area contributed by atoms with Gasteiger partial charge in [0.15, 0.2) is 10.4 Å². The number of anilines is 1. The van der Waals surface area contributed by atoms with Gasteiger partial charge in [-0.05, 0) is 45.8 Å². The predicted octanol–water partition coefficient (Wildman–Crippen LogP) is 2.70. The zero-order chi connectivity index (χ0) is 16.9. The first kappa shape index (κ1) is 16.7. The van der Waals surface area contributed by atoms with Crippen molar-refractivity contribution >= 4 is 33.4 Å². The number of benzene rings is 1. The van der Waals surface area contributed by atoms with E-state index in [1.807, 2.05) is 17.0 Å². The maximum absolute atomic E-state index is 12.2. The van der Waals surface area contributed by atoms with Crippen LogP contribution in [0.4, 0.5) is 5.69 Å². The lowest BCUT2D eigenvalue weighted by Gasteiger charge is -2.26. The summed E-state index contributed by atoms with van der Waals surface area (Å²) < 4.78 is 11.0. The molecule has 0 aliphatic carbocycles. The molecule has 7 heteroatoms.